The summed E-state index contributed by atoms with van der Waals surface area (Å²) in [6.07, 6.45) is -0.353. The van der Waals surface area contributed by atoms with Crippen LogP contribution in [0.5, 0.6) is 5.75 Å². The Balaban J connectivity index is 1.62. The zero-order chi connectivity index (χ0) is 19.0. The number of nitrogens with one attached hydrogen (secondary N) is 1. The molecule has 1 aliphatic rings. The van der Waals surface area contributed by atoms with Crippen LogP contribution in [0, 0.1) is 6.92 Å². The van der Waals surface area contributed by atoms with Crippen molar-refractivity contribution in [3.05, 3.63) is 64.0 Å². The number of hydrogen-bond acceptors (Lipinski definition) is 6. The first-order chi connectivity index (χ1) is 13.0. The number of aromatic hydroxyl groups is 1. The Morgan fingerprint density at radius 2 is 2.04 bits per heavy atom. The molecule has 27 heavy (non-hydrogen) atoms. The van der Waals surface area contributed by atoms with Crippen molar-refractivity contribution in [1.82, 2.24) is 0 Å². The second kappa shape index (κ2) is 6.68. The van der Waals surface area contributed by atoms with Gasteiger partial charge in [0.15, 0.2) is 0 Å². The van der Waals surface area contributed by atoms with Crippen LogP contribution >= 0.6 is 0 Å². The minimum atomic E-state index is -0.471. The van der Waals surface area contributed by atoms with Crippen LogP contribution in [0.1, 0.15) is 11.1 Å². The molecule has 3 aromatic rings. The molecule has 1 aliphatic heterocycles. The Morgan fingerprint density at radius 1 is 1.19 bits per heavy atom. The first-order valence-corrected chi connectivity index (χ1v) is 8.56. The maximum atomic E-state index is 11.9. The second-order valence-electron chi connectivity index (χ2n) is 6.35. The number of rotatable bonds is 4. The molecule has 7 nitrogen and oxygen atoms in total. The van der Waals surface area contributed by atoms with Gasteiger partial charge in [-0.05, 0) is 42.8 Å². The molecule has 0 bridgehead atoms. The SMILES string of the molecule is Cc1c(O)ccc2c(CNc3cccc(N4CCOC4=O)c3)cc(=O)oc12. The number of carbonyl (C=O) groups excluding carboxylic acids is 1. The van der Waals surface area contributed by atoms with E-state index in [1.54, 1.807) is 24.0 Å². The number of carbonyl (C=O) groups is 1. The fourth-order valence-electron chi connectivity index (χ4n) is 3.17. The van der Waals surface area contributed by atoms with E-state index in [1.807, 2.05) is 24.3 Å². The molecule has 0 unspecified atom stereocenters. The summed E-state index contributed by atoms with van der Waals surface area (Å²) >= 11 is 0. The molecule has 1 fully saturated rings. The van der Waals surface area contributed by atoms with E-state index in [0.717, 1.165) is 22.3 Å². The van der Waals surface area contributed by atoms with Crippen LogP contribution in [0.25, 0.3) is 11.0 Å². The Labute approximate surface area is 154 Å². The average molecular weight is 366 g/mol. The molecule has 2 heterocycles. The van der Waals surface area contributed by atoms with E-state index < -0.39 is 5.63 Å². The fraction of sp³-hybridized carbons (Fsp3) is 0.200. The maximum absolute atomic E-state index is 11.9. The van der Waals surface area contributed by atoms with E-state index in [-0.39, 0.29) is 11.8 Å². The smallest absolute Gasteiger partial charge is 0.414 e. The molecule has 0 atom stereocenters. The summed E-state index contributed by atoms with van der Waals surface area (Å²) < 4.78 is 10.2. The highest BCUT2D eigenvalue weighted by Crippen LogP contribution is 2.28. The van der Waals surface area contributed by atoms with E-state index >= 15 is 0 Å². The molecule has 0 spiro atoms. The number of fused-ring (bicyclic) bond motifs is 1. The normalized spacial score (nSPS) is 13.8. The second-order valence-corrected chi connectivity index (χ2v) is 6.35. The number of cyclic esters (lactones) is 1. The van der Waals surface area contributed by atoms with Crippen LogP contribution in [-0.4, -0.2) is 24.4 Å². The van der Waals surface area contributed by atoms with Gasteiger partial charge in [-0.25, -0.2) is 9.59 Å². The minimum Gasteiger partial charge on any atom is -0.508 e. The predicted octanol–water partition coefficient (Wildman–Crippen LogP) is 3.38. The summed E-state index contributed by atoms with van der Waals surface area (Å²) in [4.78, 5) is 25.2. The number of phenols is 1. The number of anilines is 2. The highest BCUT2D eigenvalue weighted by molar-refractivity contribution is 5.90. The number of phenolic OH excluding ortho intramolecular Hbond substituents is 1. The highest BCUT2D eigenvalue weighted by Gasteiger charge is 2.23. The first-order valence-electron chi connectivity index (χ1n) is 8.56. The van der Waals surface area contributed by atoms with Crippen molar-refractivity contribution < 1.29 is 19.1 Å². The summed E-state index contributed by atoms with van der Waals surface area (Å²) in [5, 5.41) is 13.9. The van der Waals surface area contributed by atoms with Gasteiger partial charge in [0.25, 0.3) is 0 Å². The molecule has 1 aromatic heterocycles. The Bertz CT molecular complexity index is 1090. The van der Waals surface area contributed by atoms with Gasteiger partial charge in [0, 0.05) is 34.9 Å². The van der Waals surface area contributed by atoms with Gasteiger partial charge in [0.05, 0.1) is 6.54 Å². The average Bonchev–Trinajstić information content (AvgIpc) is 3.09. The molecule has 1 saturated heterocycles. The van der Waals surface area contributed by atoms with E-state index in [9.17, 15) is 14.7 Å². The van der Waals surface area contributed by atoms with Crippen molar-refractivity contribution in [1.29, 1.82) is 0 Å². The van der Waals surface area contributed by atoms with E-state index in [1.165, 1.54) is 6.07 Å². The monoisotopic (exact) mass is 366 g/mol. The topological polar surface area (TPSA) is 92.0 Å². The quantitative estimate of drug-likeness (QED) is 0.688. The zero-order valence-corrected chi connectivity index (χ0v) is 14.7. The van der Waals surface area contributed by atoms with E-state index in [0.29, 0.717) is 30.8 Å². The Kier molecular flexibility index (Phi) is 4.19. The summed E-state index contributed by atoms with van der Waals surface area (Å²) in [7, 11) is 0. The lowest BCUT2D eigenvalue weighted by atomic mass is 10.1. The van der Waals surface area contributed by atoms with Crippen LogP contribution in [-0.2, 0) is 11.3 Å². The minimum absolute atomic E-state index is 0.0842. The lowest BCUT2D eigenvalue weighted by molar-refractivity contribution is 0.181. The molecular weight excluding hydrogens is 348 g/mol. The highest BCUT2D eigenvalue weighted by atomic mass is 16.6. The van der Waals surface area contributed by atoms with Crippen LogP contribution in [0.4, 0.5) is 16.2 Å². The van der Waals surface area contributed by atoms with Crippen molar-refractivity contribution in [2.45, 2.75) is 13.5 Å². The van der Waals surface area contributed by atoms with Gasteiger partial charge in [-0.15, -0.1) is 0 Å². The standard InChI is InChI=1S/C20H18N2O5/c1-12-17(23)6-5-16-13(9-18(24)27-19(12)16)11-21-14-3-2-4-15(10-14)22-7-8-26-20(22)25/h2-6,9-10,21,23H,7-8,11H2,1H3. The van der Waals surface area contributed by atoms with Gasteiger partial charge < -0.3 is 19.6 Å². The van der Waals surface area contributed by atoms with Crippen molar-refractivity contribution in [2.24, 2.45) is 0 Å². The number of amides is 1. The van der Waals surface area contributed by atoms with Crippen LogP contribution in [0.3, 0.4) is 0 Å². The third-order valence-electron chi connectivity index (χ3n) is 4.62. The number of aryl methyl sites for hydroxylation is 1. The number of nitrogens with zero attached hydrogens (tertiary/aromatic N) is 1. The number of hydrogen-bond donors (Lipinski definition) is 2. The Hall–Kier alpha value is -3.48. The molecule has 7 heteroatoms. The van der Waals surface area contributed by atoms with Gasteiger partial charge in [-0.1, -0.05) is 6.07 Å². The maximum Gasteiger partial charge on any atom is 0.414 e. The van der Waals surface area contributed by atoms with Gasteiger partial charge in [0.2, 0.25) is 0 Å². The van der Waals surface area contributed by atoms with E-state index in [4.69, 9.17) is 9.15 Å². The van der Waals surface area contributed by atoms with Crippen LogP contribution < -0.4 is 15.8 Å². The number of benzene rings is 2. The molecule has 4 rings (SSSR count). The van der Waals surface area contributed by atoms with Gasteiger partial charge in [0.1, 0.15) is 17.9 Å². The van der Waals surface area contributed by atoms with Crippen molar-refractivity contribution in [3.8, 4) is 5.75 Å². The molecular formula is C20H18N2O5. The van der Waals surface area contributed by atoms with Crippen LogP contribution in [0.15, 0.2) is 51.7 Å². The summed E-state index contributed by atoms with van der Waals surface area (Å²) in [6, 6.07) is 12.2. The zero-order valence-electron chi connectivity index (χ0n) is 14.7. The fourth-order valence-corrected chi connectivity index (χ4v) is 3.17. The predicted molar refractivity (Wildman–Crippen MR) is 101 cm³/mol. The molecule has 0 radical (unpaired) electrons. The molecule has 0 saturated carbocycles. The van der Waals surface area contributed by atoms with Gasteiger partial charge in [-0.2, -0.15) is 0 Å². The van der Waals surface area contributed by atoms with Crippen molar-refractivity contribution in [2.75, 3.05) is 23.4 Å². The summed E-state index contributed by atoms with van der Waals surface area (Å²) in [5.74, 6) is 0.0842. The molecule has 138 valence electrons. The van der Waals surface area contributed by atoms with Crippen LogP contribution in [0.2, 0.25) is 0 Å². The summed E-state index contributed by atoms with van der Waals surface area (Å²) in [6.45, 7) is 3.00. The lowest BCUT2D eigenvalue weighted by Gasteiger charge is -2.15. The largest absolute Gasteiger partial charge is 0.508 e. The number of ether oxygens (including phenoxy) is 1. The summed E-state index contributed by atoms with van der Waals surface area (Å²) in [5.41, 5.74) is 2.76. The third kappa shape index (κ3) is 3.19. The molecule has 0 aliphatic carbocycles. The third-order valence-corrected chi connectivity index (χ3v) is 4.62. The Morgan fingerprint density at radius 3 is 2.81 bits per heavy atom. The molecule has 1 amide bonds. The van der Waals surface area contributed by atoms with Crippen molar-refractivity contribution >= 4 is 28.4 Å². The molecule has 2 aromatic carbocycles. The molecule has 2 N–H and O–H groups in total. The van der Waals surface area contributed by atoms with Gasteiger partial charge in [-0.3, -0.25) is 4.90 Å². The van der Waals surface area contributed by atoms with E-state index in [2.05, 4.69) is 5.32 Å². The van der Waals surface area contributed by atoms with Crippen molar-refractivity contribution in [3.63, 3.8) is 0 Å². The van der Waals surface area contributed by atoms with Gasteiger partial charge >= 0.3 is 11.7 Å². The first kappa shape index (κ1) is 17.0. The lowest BCUT2D eigenvalue weighted by Crippen LogP contribution is -2.23.